The van der Waals surface area contributed by atoms with Gasteiger partial charge >= 0.3 is 0 Å². The third-order valence-corrected chi connectivity index (χ3v) is 4.16. The third kappa shape index (κ3) is 2.83. The van der Waals surface area contributed by atoms with Crippen molar-refractivity contribution in [2.75, 3.05) is 19.8 Å². The molecular weight excluding hydrogens is 250 g/mol. The SMILES string of the molecule is CCNC(C1=COCCC1)C1COc2ccccc2C1. The molecule has 1 N–H and O–H groups in total. The minimum absolute atomic E-state index is 0.369. The summed E-state index contributed by atoms with van der Waals surface area (Å²) in [6, 6.07) is 8.75. The van der Waals surface area contributed by atoms with Crippen LogP contribution >= 0.6 is 0 Å². The van der Waals surface area contributed by atoms with Gasteiger partial charge in [-0.2, -0.15) is 0 Å². The maximum atomic E-state index is 5.95. The largest absolute Gasteiger partial charge is 0.501 e. The van der Waals surface area contributed by atoms with Gasteiger partial charge in [-0.3, -0.25) is 0 Å². The molecule has 2 aliphatic heterocycles. The molecule has 2 atom stereocenters. The first-order chi connectivity index (χ1) is 9.88. The molecule has 0 saturated heterocycles. The lowest BCUT2D eigenvalue weighted by Crippen LogP contribution is -2.43. The van der Waals surface area contributed by atoms with Crippen LogP contribution in [0.1, 0.15) is 25.3 Å². The second-order valence-electron chi connectivity index (χ2n) is 5.59. The van der Waals surface area contributed by atoms with Crippen molar-refractivity contribution in [3.05, 3.63) is 41.7 Å². The smallest absolute Gasteiger partial charge is 0.122 e. The Morgan fingerprint density at radius 2 is 2.25 bits per heavy atom. The highest BCUT2D eigenvalue weighted by atomic mass is 16.5. The molecule has 0 aromatic heterocycles. The van der Waals surface area contributed by atoms with Crippen LogP contribution in [-0.2, 0) is 11.2 Å². The zero-order chi connectivity index (χ0) is 13.8. The van der Waals surface area contributed by atoms with Crippen molar-refractivity contribution in [3.63, 3.8) is 0 Å². The lowest BCUT2D eigenvalue weighted by Gasteiger charge is -2.34. The van der Waals surface area contributed by atoms with Crippen molar-refractivity contribution in [2.45, 2.75) is 32.2 Å². The molecule has 0 fully saturated rings. The average Bonchev–Trinajstić information content (AvgIpc) is 2.53. The van der Waals surface area contributed by atoms with E-state index < -0.39 is 0 Å². The molecule has 2 heterocycles. The van der Waals surface area contributed by atoms with Crippen LogP contribution < -0.4 is 10.1 Å². The maximum Gasteiger partial charge on any atom is 0.122 e. The molecule has 0 radical (unpaired) electrons. The number of fused-ring (bicyclic) bond motifs is 1. The van der Waals surface area contributed by atoms with Gasteiger partial charge in [0.05, 0.1) is 19.5 Å². The van der Waals surface area contributed by atoms with Crippen molar-refractivity contribution >= 4 is 0 Å². The van der Waals surface area contributed by atoms with Crippen molar-refractivity contribution in [1.82, 2.24) is 5.32 Å². The molecule has 0 aliphatic carbocycles. The molecule has 1 aromatic carbocycles. The Kier molecular flexibility index (Phi) is 4.26. The number of rotatable bonds is 4. The van der Waals surface area contributed by atoms with E-state index in [0.717, 1.165) is 44.8 Å². The Bertz CT molecular complexity index is 484. The quantitative estimate of drug-likeness (QED) is 0.915. The number of nitrogens with one attached hydrogen (secondary N) is 1. The zero-order valence-corrected chi connectivity index (χ0v) is 12.1. The maximum absolute atomic E-state index is 5.95. The first-order valence-electron chi connectivity index (χ1n) is 7.63. The average molecular weight is 273 g/mol. The number of hydrogen-bond donors (Lipinski definition) is 1. The first-order valence-corrected chi connectivity index (χ1v) is 7.63. The zero-order valence-electron chi connectivity index (χ0n) is 12.1. The van der Waals surface area contributed by atoms with E-state index in [9.17, 15) is 0 Å². The summed E-state index contributed by atoms with van der Waals surface area (Å²) >= 11 is 0. The standard InChI is InChI=1S/C17H23NO2/c1-2-18-17(14-7-5-9-19-11-14)15-10-13-6-3-4-8-16(13)20-12-15/h3-4,6,8,11,15,17-18H,2,5,7,9-10,12H2,1H3. The normalized spacial score (nSPS) is 23.1. The molecular formula is C17H23NO2. The van der Waals surface area contributed by atoms with Crippen LogP contribution in [-0.4, -0.2) is 25.8 Å². The van der Waals surface area contributed by atoms with E-state index in [1.165, 1.54) is 11.1 Å². The van der Waals surface area contributed by atoms with Gasteiger partial charge in [-0.15, -0.1) is 0 Å². The van der Waals surface area contributed by atoms with Gasteiger partial charge in [0.2, 0.25) is 0 Å². The minimum atomic E-state index is 0.369. The lowest BCUT2D eigenvalue weighted by molar-refractivity contribution is 0.178. The van der Waals surface area contributed by atoms with E-state index in [2.05, 4.69) is 30.4 Å². The van der Waals surface area contributed by atoms with E-state index in [0.29, 0.717) is 12.0 Å². The molecule has 3 nitrogen and oxygen atoms in total. The number of hydrogen-bond acceptors (Lipinski definition) is 3. The van der Waals surface area contributed by atoms with E-state index in [1.54, 1.807) is 0 Å². The fraction of sp³-hybridized carbons (Fsp3) is 0.529. The summed E-state index contributed by atoms with van der Waals surface area (Å²) < 4.78 is 11.5. The Labute approximate surface area is 121 Å². The topological polar surface area (TPSA) is 30.5 Å². The monoisotopic (exact) mass is 273 g/mol. The highest BCUT2D eigenvalue weighted by molar-refractivity contribution is 5.36. The molecule has 108 valence electrons. The predicted octanol–water partition coefficient (Wildman–Crippen LogP) is 2.91. The van der Waals surface area contributed by atoms with Crippen molar-refractivity contribution < 1.29 is 9.47 Å². The highest BCUT2D eigenvalue weighted by Crippen LogP contribution is 2.31. The van der Waals surface area contributed by atoms with Crippen LogP contribution in [0.2, 0.25) is 0 Å². The molecule has 0 saturated carbocycles. The van der Waals surface area contributed by atoms with Crippen molar-refractivity contribution in [3.8, 4) is 5.75 Å². The van der Waals surface area contributed by atoms with Gasteiger partial charge in [0.1, 0.15) is 5.75 Å². The number of para-hydroxylation sites is 1. The Balaban J connectivity index is 1.77. The third-order valence-electron chi connectivity index (χ3n) is 4.16. The number of benzene rings is 1. The van der Waals surface area contributed by atoms with Gasteiger partial charge in [-0.1, -0.05) is 25.1 Å². The van der Waals surface area contributed by atoms with E-state index in [4.69, 9.17) is 9.47 Å². The molecule has 0 spiro atoms. The Morgan fingerprint density at radius 1 is 1.35 bits per heavy atom. The summed E-state index contributed by atoms with van der Waals surface area (Å²) in [5.41, 5.74) is 2.72. The van der Waals surface area contributed by atoms with Crippen molar-refractivity contribution in [1.29, 1.82) is 0 Å². The van der Waals surface area contributed by atoms with Crippen LogP contribution in [0.3, 0.4) is 0 Å². The van der Waals surface area contributed by atoms with Gasteiger partial charge in [0, 0.05) is 12.0 Å². The van der Waals surface area contributed by atoms with E-state index in [-0.39, 0.29) is 0 Å². The Morgan fingerprint density at radius 3 is 3.05 bits per heavy atom. The second kappa shape index (κ2) is 6.31. The summed E-state index contributed by atoms with van der Waals surface area (Å²) in [5, 5.41) is 3.62. The van der Waals surface area contributed by atoms with Crippen LogP contribution in [0.4, 0.5) is 0 Å². The van der Waals surface area contributed by atoms with Crippen molar-refractivity contribution in [2.24, 2.45) is 5.92 Å². The molecule has 0 amide bonds. The van der Waals surface area contributed by atoms with E-state index in [1.807, 2.05) is 12.3 Å². The van der Waals surface area contributed by atoms with Crippen LogP contribution in [0.5, 0.6) is 5.75 Å². The summed E-state index contributed by atoms with van der Waals surface area (Å²) in [6.07, 6.45) is 5.30. The van der Waals surface area contributed by atoms with Crippen LogP contribution in [0, 0.1) is 5.92 Å². The minimum Gasteiger partial charge on any atom is -0.501 e. The second-order valence-corrected chi connectivity index (χ2v) is 5.59. The summed E-state index contributed by atoms with van der Waals surface area (Å²) in [7, 11) is 0. The van der Waals surface area contributed by atoms with Gasteiger partial charge in [0.15, 0.2) is 0 Å². The van der Waals surface area contributed by atoms with Crippen LogP contribution in [0.25, 0.3) is 0 Å². The van der Waals surface area contributed by atoms with Gasteiger partial charge in [0.25, 0.3) is 0 Å². The summed E-state index contributed by atoms with van der Waals surface area (Å²) in [4.78, 5) is 0. The molecule has 0 bridgehead atoms. The first kappa shape index (κ1) is 13.5. The van der Waals surface area contributed by atoms with Gasteiger partial charge in [-0.25, -0.2) is 0 Å². The summed E-state index contributed by atoms with van der Waals surface area (Å²) in [6.45, 7) is 4.77. The summed E-state index contributed by atoms with van der Waals surface area (Å²) in [5.74, 6) is 1.53. The number of ether oxygens (including phenoxy) is 2. The lowest BCUT2D eigenvalue weighted by atomic mass is 9.85. The fourth-order valence-electron chi connectivity index (χ4n) is 3.20. The molecule has 2 aliphatic rings. The van der Waals surface area contributed by atoms with Gasteiger partial charge < -0.3 is 14.8 Å². The number of likely N-dealkylation sites (N-methyl/N-ethyl adjacent to an activating group) is 1. The molecule has 3 rings (SSSR count). The predicted molar refractivity (Wildman–Crippen MR) is 79.9 cm³/mol. The van der Waals surface area contributed by atoms with E-state index >= 15 is 0 Å². The molecule has 3 heteroatoms. The van der Waals surface area contributed by atoms with Crippen LogP contribution in [0.15, 0.2) is 36.1 Å². The molecule has 1 aromatic rings. The van der Waals surface area contributed by atoms with Gasteiger partial charge in [-0.05, 0) is 43.0 Å². The fourth-order valence-corrected chi connectivity index (χ4v) is 3.20. The molecule has 2 unspecified atom stereocenters. The Hall–Kier alpha value is -1.48. The highest BCUT2D eigenvalue weighted by Gasteiger charge is 2.30. The molecule has 20 heavy (non-hydrogen) atoms.